The second-order valence-corrected chi connectivity index (χ2v) is 5.24. The van der Waals surface area contributed by atoms with Gasteiger partial charge in [-0.3, -0.25) is 25.8 Å². The fraction of sp³-hybridized carbons (Fsp3) is 0.312. The van der Waals surface area contributed by atoms with Gasteiger partial charge in [0.25, 0.3) is 0 Å². The lowest BCUT2D eigenvalue weighted by atomic mass is 10.2. The molecule has 1 rings (SSSR count). The second kappa shape index (κ2) is 10.4. The summed E-state index contributed by atoms with van der Waals surface area (Å²) in [7, 11) is 0. The van der Waals surface area contributed by atoms with Crippen molar-refractivity contribution < 1.29 is 14.0 Å². The number of hydrogen-bond acceptors (Lipinski definition) is 3. The van der Waals surface area contributed by atoms with Crippen molar-refractivity contribution in [1.82, 2.24) is 16.2 Å². The monoisotopic (exact) mass is 337 g/mol. The number of thiocarbonyl (C=S) groups is 1. The highest BCUT2D eigenvalue weighted by Crippen LogP contribution is 2.04. The fourth-order valence-corrected chi connectivity index (χ4v) is 1.81. The average molecular weight is 337 g/mol. The summed E-state index contributed by atoms with van der Waals surface area (Å²) < 4.78 is 12.7. The first-order valence-corrected chi connectivity index (χ1v) is 7.75. The van der Waals surface area contributed by atoms with Gasteiger partial charge in [-0.1, -0.05) is 31.9 Å². The predicted octanol–water partition coefficient (Wildman–Crippen LogP) is 2.44. The Morgan fingerprint density at radius 2 is 1.87 bits per heavy atom. The van der Waals surface area contributed by atoms with E-state index in [0.717, 1.165) is 19.3 Å². The fourth-order valence-electron chi connectivity index (χ4n) is 1.66. The number of benzene rings is 1. The first-order chi connectivity index (χ1) is 11.0. The summed E-state index contributed by atoms with van der Waals surface area (Å²) in [4.78, 5) is 23.1. The molecule has 1 aromatic carbocycles. The summed E-state index contributed by atoms with van der Waals surface area (Å²) in [6.45, 7) is 2.06. The van der Waals surface area contributed by atoms with Crippen molar-refractivity contribution in [1.29, 1.82) is 0 Å². The first kappa shape index (κ1) is 18.8. The van der Waals surface area contributed by atoms with Crippen molar-refractivity contribution in [2.24, 2.45) is 0 Å². The Balaban J connectivity index is 2.29. The van der Waals surface area contributed by atoms with Gasteiger partial charge in [0.05, 0.1) is 0 Å². The zero-order valence-electron chi connectivity index (χ0n) is 12.9. The van der Waals surface area contributed by atoms with E-state index in [4.69, 9.17) is 12.2 Å². The Hall–Kier alpha value is -2.28. The van der Waals surface area contributed by atoms with Gasteiger partial charge in [0.1, 0.15) is 5.82 Å². The standard InChI is InChI=1S/C16H20FN3O2S/c1-2-3-4-5-15(22)19-20-16(23)18-14(21)11-8-12-6-9-13(17)10-7-12/h6-11H,2-5H2,1H3,(H,19,22)(H2,18,20,21,23)/b11-8+. The molecule has 0 bridgehead atoms. The summed E-state index contributed by atoms with van der Waals surface area (Å²) in [5.41, 5.74) is 5.56. The Kier molecular flexibility index (Phi) is 8.52. The van der Waals surface area contributed by atoms with E-state index >= 15 is 0 Å². The Morgan fingerprint density at radius 3 is 2.52 bits per heavy atom. The molecule has 3 N–H and O–H groups in total. The van der Waals surface area contributed by atoms with Crippen LogP contribution in [0.2, 0.25) is 0 Å². The molecule has 0 aliphatic heterocycles. The van der Waals surface area contributed by atoms with Crippen molar-refractivity contribution in [2.45, 2.75) is 32.6 Å². The van der Waals surface area contributed by atoms with Crippen LogP contribution in [0.3, 0.4) is 0 Å². The van der Waals surface area contributed by atoms with E-state index in [1.54, 1.807) is 12.1 Å². The number of nitrogens with one attached hydrogen (secondary N) is 3. The third-order valence-electron chi connectivity index (χ3n) is 2.86. The van der Waals surface area contributed by atoms with Gasteiger partial charge in [0.15, 0.2) is 5.11 Å². The van der Waals surface area contributed by atoms with Crippen molar-refractivity contribution in [3.63, 3.8) is 0 Å². The number of amides is 2. The maximum atomic E-state index is 12.7. The number of halogens is 1. The summed E-state index contributed by atoms with van der Waals surface area (Å²) in [6, 6.07) is 5.70. The molecule has 124 valence electrons. The van der Waals surface area contributed by atoms with Crippen molar-refractivity contribution in [3.05, 3.63) is 41.7 Å². The topological polar surface area (TPSA) is 70.2 Å². The van der Waals surface area contributed by atoms with Gasteiger partial charge in [0, 0.05) is 12.5 Å². The van der Waals surface area contributed by atoms with Crippen LogP contribution in [0.1, 0.15) is 38.2 Å². The molecule has 0 heterocycles. The molecule has 7 heteroatoms. The van der Waals surface area contributed by atoms with E-state index in [1.165, 1.54) is 24.3 Å². The maximum absolute atomic E-state index is 12.7. The molecular formula is C16H20FN3O2S. The van der Waals surface area contributed by atoms with Crippen LogP contribution in [0.25, 0.3) is 6.08 Å². The lowest BCUT2D eigenvalue weighted by Crippen LogP contribution is -2.48. The summed E-state index contributed by atoms with van der Waals surface area (Å²) in [5.74, 6) is -0.976. The van der Waals surface area contributed by atoms with E-state index < -0.39 is 5.91 Å². The number of unbranched alkanes of at least 4 members (excludes halogenated alkanes) is 2. The highest BCUT2D eigenvalue weighted by Gasteiger charge is 2.03. The van der Waals surface area contributed by atoms with E-state index in [-0.39, 0.29) is 16.8 Å². The molecule has 2 amide bonds. The minimum atomic E-state index is -0.452. The smallest absolute Gasteiger partial charge is 0.250 e. The van der Waals surface area contributed by atoms with Crippen LogP contribution >= 0.6 is 12.2 Å². The van der Waals surface area contributed by atoms with Crippen LogP contribution in [-0.2, 0) is 9.59 Å². The SMILES string of the molecule is CCCCCC(=O)NNC(=S)NC(=O)/C=C/c1ccc(F)cc1. The maximum Gasteiger partial charge on any atom is 0.250 e. The van der Waals surface area contributed by atoms with Gasteiger partial charge in [-0.15, -0.1) is 0 Å². The van der Waals surface area contributed by atoms with Gasteiger partial charge in [-0.2, -0.15) is 0 Å². The molecule has 0 saturated carbocycles. The van der Waals surface area contributed by atoms with Gasteiger partial charge in [-0.05, 0) is 42.4 Å². The molecule has 0 radical (unpaired) electrons. The van der Waals surface area contributed by atoms with Crippen LogP contribution < -0.4 is 16.2 Å². The highest BCUT2D eigenvalue weighted by molar-refractivity contribution is 7.80. The van der Waals surface area contributed by atoms with Crippen molar-refractivity contribution >= 4 is 35.2 Å². The van der Waals surface area contributed by atoms with Gasteiger partial charge in [-0.25, -0.2) is 4.39 Å². The Morgan fingerprint density at radius 1 is 1.17 bits per heavy atom. The van der Waals surface area contributed by atoms with E-state index in [9.17, 15) is 14.0 Å². The molecule has 5 nitrogen and oxygen atoms in total. The number of carbonyl (C=O) groups is 2. The summed E-state index contributed by atoms with van der Waals surface area (Å²) >= 11 is 4.89. The van der Waals surface area contributed by atoms with Crippen LogP contribution in [-0.4, -0.2) is 16.9 Å². The molecular weight excluding hydrogens is 317 g/mol. The molecule has 1 aromatic rings. The molecule has 0 atom stereocenters. The first-order valence-electron chi connectivity index (χ1n) is 7.34. The number of rotatable bonds is 6. The van der Waals surface area contributed by atoms with Crippen LogP contribution in [0.15, 0.2) is 30.3 Å². The largest absolute Gasteiger partial charge is 0.298 e. The van der Waals surface area contributed by atoms with Crippen LogP contribution in [0.4, 0.5) is 4.39 Å². The lowest BCUT2D eigenvalue weighted by Gasteiger charge is -2.09. The molecule has 0 fully saturated rings. The van der Waals surface area contributed by atoms with E-state index in [2.05, 4.69) is 23.1 Å². The normalized spacial score (nSPS) is 10.3. The molecule has 0 aliphatic rings. The summed E-state index contributed by atoms with van der Waals surface area (Å²) in [6.07, 6.45) is 6.04. The lowest BCUT2D eigenvalue weighted by molar-refractivity contribution is -0.122. The quantitative estimate of drug-likeness (QED) is 0.323. The predicted molar refractivity (Wildman–Crippen MR) is 91.6 cm³/mol. The average Bonchev–Trinajstić information content (AvgIpc) is 2.52. The molecule has 0 spiro atoms. The Labute approximate surface area is 140 Å². The third-order valence-corrected chi connectivity index (χ3v) is 3.06. The van der Waals surface area contributed by atoms with E-state index in [0.29, 0.717) is 12.0 Å². The number of hydrazine groups is 1. The number of carbonyl (C=O) groups excluding carboxylic acids is 2. The minimum Gasteiger partial charge on any atom is -0.298 e. The Bertz CT molecular complexity index is 573. The van der Waals surface area contributed by atoms with Gasteiger partial charge in [0.2, 0.25) is 11.8 Å². The van der Waals surface area contributed by atoms with Crippen LogP contribution in [0.5, 0.6) is 0 Å². The molecule has 0 unspecified atom stereocenters. The van der Waals surface area contributed by atoms with Crippen molar-refractivity contribution in [3.8, 4) is 0 Å². The highest BCUT2D eigenvalue weighted by atomic mass is 32.1. The minimum absolute atomic E-state index is 0.00241. The molecule has 0 saturated heterocycles. The zero-order chi connectivity index (χ0) is 17.1. The molecule has 0 aromatic heterocycles. The summed E-state index contributed by atoms with van der Waals surface area (Å²) in [5, 5.41) is 2.39. The van der Waals surface area contributed by atoms with Gasteiger partial charge >= 0.3 is 0 Å². The number of hydrogen-bond donors (Lipinski definition) is 3. The molecule has 0 aliphatic carbocycles. The van der Waals surface area contributed by atoms with Crippen molar-refractivity contribution in [2.75, 3.05) is 0 Å². The zero-order valence-corrected chi connectivity index (χ0v) is 13.7. The van der Waals surface area contributed by atoms with Crippen LogP contribution in [0, 0.1) is 5.82 Å². The third kappa shape index (κ3) is 8.67. The molecule has 23 heavy (non-hydrogen) atoms. The second-order valence-electron chi connectivity index (χ2n) is 4.83. The van der Waals surface area contributed by atoms with E-state index in [1.807, 2.05) is 0 Å². The van der Waals surface area contributed by atoms with Gasteiger partial charge < -0.3 is 0 Å².